The fourth-order valence-electron chi connectivity index (χ4n) is 2.78. The maximum atomic E-state index is 12.9. The van der Waals surface area contributed by atoms with Crippen molar-refractivity contribution in [2.75, 3.05) is 12.4 Å². The Balaban J connectivity index is 2.24. The molecule has 2 aromatic rings. The Morgan fingerprint density at radius 3 is 2.29 bits per heavy atom. The third kappa shape index (κ3) is 5.81. The van der Waals surface area contributed by atoms with E-state index in [1.807, 2.05) is 45.9 Å². The lowest BCUT2D eigenvalue weighted by Crippen LogP contribution is -2.44. The third-order valence-electron chi connectivity index (χ3n) is 4.34. The maximum absolute atomic E-state index is 12.9. The lowest BCUT2D eigenvalue weighted by Gasteiger charge is -2.21. The molecule has 6 nitrogen and oxygen atoms in total. The van der Waals surface area contributed by atoms with Crippen LogP contribution >= 0.6 is 0 Å². The van der Waals surface area contributed by atoms with E-state index < -0.39 is 16.1 Å². The van der Waals surface area contributed by atoms with Crippen molar-refractivity contribution < 1.29 is 17.9 Å². The zero-order valence-corrected chi connectivity index (χ0v) is 17.8. The molecule has 0 bridgehead atoms. The van der Waals surface area contributed by atoms with Crippen LogP contribution < -0.4 is 14.8 Å². The average Bonchev–Trinajstić information content (AvgIpc) is 2.63. The Labute approximate surface area is 167 Å². The predicted octanol–water partition coefficient (Wildman–Crippen LogP) is 3.64. The Morgan fingerprint density at radius 1 is 1.07 bits per heavy atom. The molecular weight excluding hydrogens is 376 g/mol. The second-order valence-corrected chi connectivity index (χ2v) is 9.00. The molecule has 0 heterocycles. The molecule has 0 aromatic heterocycles. The lowest BCUT2D eigenvalue weighted by molar-refractivity contribution is -0.118. The van der Waals surface area contributed by atoms with Gasteiger partial charge in [-0.2, -0.15) is 4.72 Å². The van der Waals surface area contributed by atoms with E-state index in [0.717, 1.165) is 11.1 Å². The fourth-order valence-corrected chi connectivity index (χ4v) is 3.99. The summed E-state index contributed by atoms with van der Waals surface area (Å²) in [6, 6.07) is 10.9. The number of anilines is 1. The van der Waals surface area contributed by atoms with Crippen LogP contribution in [0.2, 0.25) is 0 Å². The van der Waals surface area contributed by atoms with Gasteiger partial charge in [-0.1, -0.05) is 26.0 Å². The second kappa shape index (κ2) is 9.21. The highest BCUT2D eigenvalue weighted by atomic mass is 32.2. The van der Waals surface area contributed by atoms with Gasteiger partial charge in [0.1, 0.15) is 11.8 Å². The molecule has 0 radical (unpaired) electrons. The first kappa shape index (κ1) is 21.9. The molecule has 0 aliphatic carbocycles. The Kier molecular flexibility index (Phi) is 7.21. The highest BCUT2D eigenvalue weighted by Gasteiger charge is 2.27. The van der Waals surface area contributed by atoms with Gasteiger partial charge in [0.2, 0.25) is 15.9 Å². The summed E-state index contributed by atoms with van der Waals surface area (Å²) < 4.78 is 33.2. The van der Waals surface area contributed by atoms with Gasteiger partial charge in [0.15, 0.2) is 0 Å². The molecule has 2 N–H and O–H groups in total. The van der Waals surface area contributed by atoms with Crippen molar-refractivity contribution in [3.63, 3.8) is 0 Å². The number of benzene rings is 2. The predicted molar refractivity (Wildman–Crippen MR) is 111 cm³/mol. The first-order valence-electron chi connectivity index (χ1n) is 9.17. The van der Waals surface area contributed by atoms with Gasteiger partial charge in [0, 0.05) is 5.69 Å². The molecule has 0 fully saturated rings. The van der Waals surface area contributed by atoms with E-state index in [0.29, 0.717) is 17.9 Å². The molecule has 0 aliphatic heterocycles. The molecule has 7 heteroatoms. The minimum atomic E-state index is -3.85. The number of carbonyl (C=O) groups excluding carboxylic acids is 1. The molecule has 0 spiro atoms. The monoisotopic (exact) mass is 404 g/mol. The van der Waals surface area contributed by atoms with Gasteiger partial charge < -0.3 is 10.1 Å². The van der Waals surface area contributed by atoms with Gasteiger partial charge in [0.05, 0.1) is 12.0 Å². The Morgan fingerprint density at radius 2 is 1.71 bits per heavy atom. The van der Waals surface area contributed by atoms with Crippen LogP contribution in [0.3, 0.4) is 0 Å². The SMILES string of the molecule is COc1ccc(S(=O)(=O)N[C@H](CC(C)C)C(=O)Nc2cc(C)ccc2C)cc1. The van der Waals surface area contributed by atoms with Crippen LogP contribution in [-0.2, 0) is 14.8 Å². The van der Waals surface area contributed by atoms with Crippen molar-refractivity contribution in [1.82, 2.24) is 4.72 Å². The van der Waals surface area contributed by atoms with Crippen molar-refractivity contribution >= 4 is 21.6 Å². The Bertz CT molecular complexity index is 922. The second-order valence-electron chi connectivity index (χ2n) is 7.29. The fraction of sp³-hybridized carbons (Fsp3) is 0.381. The minimum Gasteiger partial charge on any atom is -0.497 e. The van der Waals surface area contributed by atoms with E-state index in [9.17, 15) is 13.2 Å². The Hall–Kier alpha value is -2.38. The summed E-state index contributed by atoms with van der Waals surface area (Å²) in [5.74, 6) is 0.317. The first-order chi connectivity index (χ1) is 13.1. The molecule has 152 valence electrons. The molecule has 0 saturated heterocycles. The van der Waals surface area contributed by atoms with Gasteiger partial charge in [-0.05, 0) is 67.6 Å². The number of ether oxygens (including phenoxy) is 1. The van der Waals surface area contributed by atoms with Crippen LogP contribution in [-0.4, -0.2) is 27.5 Å². The van der Waals surface area contributed by atoms with E-state index in [1.54, 1.807) is 12.1 Å². The van der Waals surface area contributed by atoms with Crippen molar-refractivity contribution in [2.24, 2.45) is 5.92 Å². The molecule has 2 aromatic carbocycles. The smallest absolute Gasteiger partial charge is 0.242 e. The van der Waals surface area contributed by atoms with Crippen LogP contribution in [0.4, 0.5) is 5.69 Å². The van der Waals surface area contributed by atoms with Gasteiger partial charge in [-0.25, -0.2) is 8.42 Å². The van der Waals surface area contributed by atoms with Crippen LogP contribution in [0.1, 0.15) is 31.4 Å². The summed E-state index contributed by atoms with van der Waals surface area (Å²) in [6.07, 6.45) is 0.381. The van der Waals surface area contributed by atoms with Gasteiger partial charge in [0.25, 0.3) is 0 Å². The zero-order chi connectivity index (χ0) is 20.9. The summed E-state index contributed by atoms with van der Waals surface area (Å²) in [6.45, 7) is 7.72. The number of methoxy groups -OCH3 is 1. The molecule has 28 heavy (non-hydrogen) atoms. The lowest BCUT2D eigenvalue weighted by atomic mass is 10.0. The van der Waals surface area contributed by atoms with Crippen LogP contribution in [0, 0.1) is 19.8 Å². The number of sulfonamides is 1. The normalized spacial score (nSPS) is 12.6. The van der Waals surface area contributed by atoms with Gasteiger partial charge in [-0.15, -0.1) is 0 Å². The number of nitrogens with one attached hydrogen (secondary N) is 2. The maximum Gasteiger partial charge on any atom is 0.242 e. The number of aryl methyl sites for hydroxylation is 2. The van der Waals surface area contributed by atoms with E-state index in [1.165, 1.54) is 19.2 Å². The average molecular weight is 405 g/mol. The van der Waals surface area contributed by atoms with Crippen molar-refractivity contribution in [3.8, 4) is 5.75 Å². The van der Waals surface area contributed by atoms with Crippen molar-refractivity contribution in [1.29, 1.82) is 0 Å². The zero-order valence-electron chi connectivity index (χ0n) is 16.9. The molecule has 1 atom stereocenters. The highest BCUT2D eigenvalue weighted by molar-refractivity contribution is 7.89. The molecule has 0 saturated carbocycles. The highest BCUT2D eigenvalue weighted by Crippen LogP contribution is 2.20. The number of hydrogen-bond acceptors (Lipinski definition) is 4. The number of rotatable bonds is 8. The number of carbonyl (C=O) groups is 1. The summed E-state index contributed by atoms with van der Waals surface area (Å²) in [4.78, 5) is 12.9. The quantitative estimate of drug-likeness (QED) is 0.703. The van der Waals surface area contributed by atoms with Crippen molar-refractivity contribution in [2.45, 2.75) is 45.1 Å². The summed E-state index contributed by atoms with van der Waals surface area (Å²) in [5, 5.41) is 2.86. The van der Waals surface area contributed by atoms with Crippen LogP contribution in [0.25, 0.3) is 0 Å². The summed E-state index contributed by atoms with van der Waals surface area (Å²) in [7, 11) is -2.34. The van der Waals surface area contributed by atoms with Crippen LogP contribution in [0.15, 0.2) is 47.4 Å². The van der Waals surface area contributed by atoms with Gasteiger partial charge in [-0.3, -0.25) is 4.79 Å². The minimum absolute atomic E-state index is 0.0848. The number of amides is 1. The number of hydrogen-bond donors (Lipinski definition) is 2. The third-order valence-corrected chi connectivity index (χ3v) is 5.83. The van der Waals surface area contributed by atoms with Crippen molar-refractivity contribution in [3.05, 3.63) is 53.6 Å². The molecule has 0 unspecified atom stereocenters. The first-order valence-corrected chi connectivity index (χ1v) is 10.6. The molecule has 1 amide bonds. The largest absolute Gasteiger partial charge is 0.497 e. The standard InChI is InChI=1S/C21H28N2O4S/c1-14(2)12-20(21(24)22-19-13-15(3)6-7-16(19)4)23-28(25,26)18-10-8-17(27-5)9-11-18/h6-11,13-14,20,23H,12H2,1-5H3,(H,22,24)/t20-/m1/s1. The molecular formula is C21H28N2O4S. The van der Waals surface area contributed by atoms with E-state index in [-0.39, 0.29) is 16.7 Å². The summed E-state index contributed by atoms with van der Waals surface area (Å²) in [5.41, 5.74) is 2.61. The van der Waals surface area contributed by atoms with Crippen LogP contribution in [0.5, 0.6) is 5.75 Å². The molecule has 2 rings (SSSR count). The van der Waals surface area contributed by atoms with E-state index in [4.69, 9.17) is 4.74 Å². The van der Waals surface area contributed by atoms with E-state index in [2.05, 4.69) is 10.0 Å². The topological polar surface area (TPSA) is 84.5 Å². The van der Waals surface area contributed by atoms with Gasteiger partial charge >= 0.3 is 0 Å². The van der Waals surface area contributed by atoms with E-state index >= 15 is 0 Å². The molecule has 0 aliphatic rings. The summed E-state index contributed by atoms with van der Waals surface area (Å²) >= 11 is 0.